The van der Waals surface area contributed by atoms with Crippen molar-refractivity contribution in [2.75, 3.05) is 34.0 Å². The summed E-state index contributed by atoms with van der Waals surface area (Å²) in [6, 6.07) is -0.261. The molecule has 1 heterocycles. The topological polar surface area (TPSA) is 68.8 Å². The summed E-state index contributed by atoms with van der Waals surface area (Å²) in [6.45, 7) is 1.76. The lowest BCUT2D eigenvalue weighted by Crippen LogP contribution is -2.39. The maximum Gasteiger partial charge on any atom is 0.318 e. The first-order chi connectivity index (χ1) is 8.26. The number of hydrogen-bond donors (Lipinski definition) is 2. The normalized spacial score (nSPS) is 15.8. The SMILES string of the molecule is COC(CNC(=O)NC=C1CCOCC1)OC. The minimum atomic E-state index is -0.420. The molecule has 6 heteroatoms. The van der Waals surface area contributed by atoms with E-state index in [4.69, 9.17) is 14.2 Å². The maximum atomic E-state index is 11.4. The van der Waals surface area contributed by atoms with Gasteiger partial charge in [-0.3, -0.25) is 0 Å². The highest BCUT2D eigenvalue weighted by Crippen LogP contribution is 2.11. The highest BCUT2D eigenvalue weighted by atomic mass is 16.7. The second-order valence-corrected chi connectivity index (χ2v) is 3.67. The number of carbonyl (C=O) groups excluding carboxylic acids is 1. The number of carbonyl (C=O) groups is 1. The molecular weight excluding hydrogens is 224 g/mol. The van der Waals surface area contributed by atoms with E-state index < -0.39 is 6.29 Å². The number of amides is 2. The minimum Gasteiger partial charge on any atom is -0.381 e. The van der Waals surface area contributed by atoms with Crippen LogP contribution in [0.3, 0.4) is 0 Å². The van der Waals surface area contributed by atoms with Crippen molar-refractivity contribution in [3.05, 3.63) is 11.8 Å². The summed E-state index contributed by atoms with van der Waals surface area (Å²) < 4.78 is 15.1. The van der Waals surface area contributed by atoms with Crippen LogP contribution in [0.5, 0.6) is 0 Å². The van der Waals surface area contributed by atoms with E-state index in [9.17, 15) is 4.79 Å². The van der Waals surface area contributed by atoms with Crippen molar-refractivity contribution in [1.82, 2.24) is 10.6 Å². The third-order valence-corrected chi connectivity index (χ3v) is 2.50. The molecule has 0 atom stereocenters. The van der Waals surface area contributed by atoms with Crippen molar-refractivity contribution in [2.45, 2.75) is 19.1 Å². The first-order valence-corrected chi connectivity index (χ1v) is 5.62. The molecule has 98 valence electrons. The lowest BCUT2D eigenvalue weighted by Gasteiger charge is -2.16. The molecule has 1 saturated heterocycles. The molecule has 0 radical (unpaired) electrons. The minimum absolute atomic E-state index is 0.261. The van der Waals surface area contributed by atoms with Gasteiger partial charge in [0.05, 0.1) is 19.8 Å². The van der Waals surface area contributed by atoms with Gasteiger partial charge >= 0.3 is 6.03 Å². The molecule has 0 unspecified atom stereocenters. The number of nitrogens with one attached hydrogen (secondary N) is 2. The van der Waals surface area contributed by atoms with Crippen LogP contribution in [-0.4, -0.2) is 46.3 Å². The molecule has 1 aliphatic heterocycles. The van der Waals surface area contributed by atoms with E-state index in [1.165, 1.54) is 19.8 Å². The van der Waals surface area contributed by atoms with E-state index >= 15 is 0 Å². The predicted molar refractivity (Wildman–Crippen MR) is 62.5 cm³/mol. The maximum absolute atomic E-state index is 11.4. The molecule has 2 amide bonds. The van der Waals surface area contributed by atoms with Crippen LogP contribution in [0.25, 0.3) is 0 Å². The van der Waals surface area contributed by atoms with Gasteiger partial charge < -0.3 is 24.8 Å². The molecule has 0 aromatic carbocycles. The molecule has 17 heavy (non-hydrogen) atoms. The van der Waals surface area contributed by atoms with E-state index in [0.29, 0.717) is 6.54 Å². The van der Waals surface area contributed by atoms with Crippen molar-refractivity contribution in [3.63, 3.8) is 0 Å². The molecule has 0 saturated carbocycles. The van der Waals surface area contributed by atoms with Crippen LogP contribution >= 0.6 is 0 Å². The average Bonchev–Trinajstić information content (AvgIpc) is 2.39. The Hall–Kier alpha value is -1.11. The molecule has 0 aromatic heterocycles. The van der Waals surface area contributed by atoms with E-state index in [-0.39, 0.29) is 6.03 Å². The summed E-state index contributed by atoms with van der Waals surface area (Å²) >= 11 is 0. The Morgan fingerprint density at radius 1 is 1.41 bits per heavy atom. The second-order valence-electron chi connectivity index (χ2n) is 3.67. The van der Waals surface area contributed by atoms with E-state index in [1.807, 2.05) is 0 Å². The fourth-order valence-electron chi connectivity index (χ4n) is 1.44. The summed E-state index contributed by atoms with van der Waals surface area (Å²) in [5.41, 5.74) is 1.20. The van der Waals surface area contributed by atoms with Crippen LogP contribution in [0.15, 0.2) is 11.8 Å². The predicted octanol–water partition coefficient (Wildman–Crippen LogP) is 0.599. The highest BCUT2D eigenvalue weighted by Gasteiger charge is 2.08. The Kier molecular flexibility index (Phi) is 6.61. The van der Waals surface area contributed by atoms with Gasteiger partial charge in [-0.2, -0.15) is 0 Å². The van der Waals surface area contributed by atoms with Gasteiger partial charge in [-0.05, 0) is 18.4 Å². The Labute approximate surface area is 101 Å². The third-order valence-electron chi connectivity index (χ3n) is 2.50. The molecule has 1 rings (SSSR count). The zero-order valence-corrected chi connectivity index (χ0v) is 10.3. The molecule has 0 aliphatic carbocycles. The zero-order valence-electron chi connectivity index (χ0n) is 10.3. The van der Waals surface area contributed by atoms with Gasteiger partial charge in [-0.1, -0.05) is 0 Å². The van der Waals surface area contributed by atoms with Gasteiger partial charge in [0, 0.05) is 20.4 Å². The summed E-state index contributed by atoms with van der Waals surface area (Å²) in [7, 11) is 3.05. The molecular formula is C11H20N2O4. The molecule has 6 nitrogen and oxygen atoms in total. The molecule has 1 aliphatic rings. The van der Waals surface area contributed by atoms with Crippen molar-refractivity contribution >= 4 is 6.03 Å². The first-order valence-electron chi connectivity index (χ1n) is 5.62. The van der Waals surface area contributed by atoms with Gasteiger partial charge in [0.2, 0.25) is 0 Å². The van der Waals surface area contributed by atoms with Crippen molar-refractivity contribution in [2.24, 2.45) is 0 Å². The van der Waals surface area contributed by atoms with Crippen LogP contribution in [0, 0.1) is 0 Å². The van der Waals surface area contributed by atoms with Gasteiger partial charge in [-0.15, -0.1) is 0 Å². The first kappa shape index (κ1) is 14.0. The Bertz CT molecular complexity index is 256. The highest BCUT2D eigenvalue weighted by molar-refractivity contribution is 5.74. The van der Waals surface area contributed by atoms with E-state index in [0.717, 1.165) is 26.1 Å². The standard InChI is InChI=1S/C11H20N2O4/c1-15-10(16-2)8-13-11(14)12-7-9-3-5-17-6-4-9/h7,10H,3-6,8H2,1-2H3,(H2,12,13,14). The number of ether oxygens (including phenoxy) is 3. The average molecular weight is 244 g/mol. The second kappa shape index (κ2) is 8.05. The van der Waals surface area contributed by atoms with Gasteiger partial charge in [-0.25, -0.2) is 4.79 Å². The van der Waals surface area contributed by atoms with Crippen LogP contribution in [-0.2, 0) is 14.2 Å². The van der Waals surface area contributed by atoms with Crippen molar-refractivity contribution < 1.29 is 19.0 Å². The van der Waals surface area contributed by atoms with Crippen LogP contribution in [0.1, 0.15) is 12.8 Å². The summed E-state index contributed by atoms with van der Waals surface area (Å²) in [5.74, 6) is 0. The van der Waals surface area contributed by atoms with E-state index in [1.54, 1.807) is 6.20 Å². The lowest BCUT2D eigenvalue weighted by molar-refractivity contribution is -0.0971. The Balaban J connectivity index is 2.20. The lowest BCUT2D eigenvalue weighted by atomic mass is 10.1. The number of urea groups is 1. The number of methoxy groups -OCH3 is 2. The van der Waals surface area contributed by atoms with Crippen LogP contribution in [0.4, 0.5) is 4.79 Å². The van der Waals surface area contributed by atoms with Crippen LogP contribution in [0.2, 0.25) is 0 Å². The van der Waals surface area contributed by atoms with Gasteiger partial charge in [0.15, 0.2) is 6.29 Å². The molecule has 1 fully saturated rings. The van der Waals surface area contributed by atoms with Gasteiger partial charge in [0.1, 0.15) is 0 Å². The molecule has 0 bridgehead atoms. The smallest absolute Gasteiger partial charge is 0.318 e. The number of rotatable bonds is 5. The van der Waals surface area contributed by atoms with Gasteiger partial charge in [0.25, 0.3) is 0 Å². The summed E-state index contributed by atoms with van der Waals surface area (Å²) in [4.78, 5) is 11.4. The fraction of sp³-hybridized carbons (Fsp3) is 0.727. The Morgan fingerprint density at radius 2 is 2.06 bits per heavy atom. The van der Waals surface area contributed by atoms with Crippen molar-refractivity contribution in [1.29, 1.82) is 0 Å². The zero-order chi connectivity index (χ0) is 12.5. The quantitative estimate of drug-likeness (QED) is 0.695. The summed E-state index contributed by atoms with van der Waals surface area (Å²) in [5, 5.41) is 5.33. The Morgan fingerprint density at radius 3 is 2.65 bits per heavy atom. The fourth-order valence-corrected chi connectivity index (χ4v) is 1.44. The summed E-state index contributed by atoms with van der Waals surface area (Å²) in [6.07, 6.45) is 3.07. The molecule has 2 N–H and O–H groups in total. The third kappa shape index (κ3) is 5.67. The molecule has 0 aromatic rings. The van der Waals surface area contributed by atoms with E-state index in [2.05, 4.69) is 10.6 Å². The monoisotopic (exact) mass is 244 g/mol. The number of hydrogen-bond acceptors (Lipinski definition) is 4. The van der Waals surface area contributed by atoms with Crippen LogP contribution < -0.4 is 10.6 Å². The van der Waals surface area contributed by atoms with Crippen molar-refractivity contribution in [3.8, 4) is 0 Å². The largest absolute Gasteiger partial charge is 0.381 e. The molecule has 0 spiro atoms.